The van der Waals surface area contributed by atoms with Crippen LogP contribution >= 0.6 is 0 Å². The SMILES string of the molecule is CC(C)C1(C(=O)O)CCN(C2CCN(C)C2)C1. The zero-order valence-electron chi connectivity index (χ0n) is 11.1. The van der Waals surface area contributed by atoms with E-state index < -0.39 is 11.4 Å². The van der Waals surface area contributed by atoms with E-state index in [2.05, 4.69) is 16.8 Å². The van der Waals surface area contributed by atoms with E-state index in [-0.39, 0.29) is 5.92 Å². The number of aliphatic carboxylic acids is 1. The van der Waals surface area contributed by atoms with Gasteiger partial charge in [0.25, 0.3) is 0 Å². The lowest BCUT2D eigenvalue weighted by molar-refractivity contribution is -0.151. The minimum atomic E-state index is -0.610. The molecular weight excluding hydrogens is 216 g/mol. The molecule has 2 rings (SSSR count). The largest absolute Gasteiger partial charge is 0.481 e. The number of hydrogen-bond acceptors (Lipinski definition) is 3. The fourth-order valence-corrected chi connectivity index (χ4v) is 3.28. The van der Waals surface area contributed by atoms with Crippen LogP contribution in [0.15, 0.2) is 0 Å². The van der Waals surface area contributed by atoms with E-state index in [9.17, 15) is 9.90 Å². The molecule has 0 aromatic heterocycles. The Morgan fingerprint density at radius 2 is 2.12 bits per heavy atom. The van der Waals surface area contributed by atoms with Crippen LogP contribution in [0, 0.1) is 11.3 Å². The smallest absolute Gasteiger partial charge is 0.311 e. The summed E-state index contributed by atoms with van der Waals surface area (Å²) in [5.74, 6) is -0.398. The van der Waals surface area contributed by atoms with Crippen LogP contribution in [0.25, 0.3) is 0 Å². The van der Waals surface area contributed by atoms with E-state index in [1.165, 1.54) is 6.42 Å². The number of likely N-dealkylation sites (N-methyl/N-ethyl adjacent to an activating group) is 1. The molecule has 4 nitrogen and oxygen atoms in total. The van der Waals surface area contributed by atoms with Gasteiger partial charge >= 0.3 is 5.97 Å². The third-order valence-corrected chi connectivity index (χ3v) is 4.74. The summed E-state index contributed by atoms with van der Waals surface area (Å²) >= 11 is 0. The highest BCUT2D eigenvalue weighted by molar-refractivity contribution is 5.75. The van der Waals surface area contributed by atoms with Gasteiger partial charge < -0.3 is 10.0 Å². The number of rotatable bonds is 3. The molecule has 2 saturated heterocycles. The van der Waals surface area contributed by atoms with Gasteiger partial charge in [-0.05, 0) is 38.9 Å². The minimum Gasteiger partial charge on any atom is -0.481 e. The van der Waals surface area contributed by atoms with E-state index in [0.29, 0.717) is 6.04 Å². The molecule has 17 heavy (non-hydrogen) atoms. The predicted molar refractivity (Wildman–Crippen MR) is 67.0 cm³/mol. The third-order valence-electron chi connectivity index (χ3n) is 4.74. The Kier molecular flexibility index (Phi) is 3.46. The lowest BCUT2D eigenvalue weighted by atomic mass is 9.76. The van der Waals surface area contributed by atoms with Gasteiger partial charge in [0.05, 0.1) is 5.41 Å². The molecule has 0 aromatic carbocycles. The summed E-state index contributed by atoms with van der Waals surface area (Å²) < 4.78 is 0. The van der Waals surface area contributed by atoms with Crippen LogP contribution in [0.1, 0.15) is 26.7 Å². The monoisotopic (exact) mass is 240 g/mol. The number of likely N-dealkylation sites (tertiary alicyclic amines) is 2. The van der Waals surface area contributed by atoms with Gasteiger partial charge in [0, 0.05) is 19.1 Å². The molecular formula is C13H24N2O2. The number of carbonyl (C=O) groups is 1. The second kappa shape index (κ2) is 4.58. The van der Waals surface area contributed by atoms with E-state index in [4.69, 9.17) is 0 Å². The van der Waals surface area contributed by atoms with E-state index in [1.54, 1.807) is 0 Å². The standard InChI is InChI=1S/C13H24N2O2/c1-10(2)13(12(16)17)5-7-15(9-13)11-4-6-14(3)8-11/h10-11H,4-9H2,1-3H3,(H,16,17). The maximum atomic E-state index is 11.6. The second-order valence-electron chi connectivity index (χ2n) is 6.04. The summed E-state index contributed by atoms with van der Waals surface area (Å²) in [6.07, 6.45) is 1.99. The Bertz CT molecular complexity index is 306. The van der Waals surface area contributed by atoms with Crippen LogP contribution in [0.2, 0.25) is 0 Å². The summed E-state index contributed by atoms with van der Waals surface area (Å²) in [5.41, 5.74) is -0.513. The first-order chi connectivity index (χ1) is 7.95. The van der Waals surface area contributed by atoms with Crippen molar-refractivity contribution in [3.8, 4) is 0 Å². The zero-order valence-corrected chi connectivity index (χ0v) is 11.1. The molecule has 2 aliphatic rings. The van der Waals surface area contributed by atoms with E-state index in [1.807, 2.05) is 13.8 Å². The van der Waals surface area contributed by atoms with E-state index in [0.717, 1.165) is 32.6 Å². The van der Waals surface area contributed by atoms with Gasteiger partial charge in [0.15, 0.2) is 0 Å². The van der Waals surface area contributed by atoms with Crippen LogP contribution in [0.4, 0.5) is 0 Å². The fraction of sp³-hybridized carbons (Fsp3) is 0.923. The van der Waals surface area contributed by atoms with Crippen molar-refractivity contribution in [2.45, 2.75) is 32.7 Å². The lowest BCUT2D eigenvalue weighted by Crippen LogP contribution is -2.42. The van der Waals surface area contributed by atoms with Gasteiger partial charge in [0.2, 0.25) is 0 Å². The summed E-state index contributed by atoms with van der Waals surface area (Å²) in [6.45, 7) is 8.00. The van der Waals surface area contributed by atoms with Crippen molar-refractivity contribution in [1.82, 2.24) is 9.80 Å². The van der Waals surface area contributed by atoms with Crippen molar-refractivity contribution in [2.75, 3.05) is 33.2 Å². The van der Waals surface area contributed by atoms with Gasteiger partial charge in [-0.1, -0.05) is 13.8 Å². The molecule has 2 fully saturated rings. The van der Waals surface area contributed by atoms with Crippen molar-refractivity contribution in [1.29, 1.82) is 0 Å². The van der Waals surface area contributed by atoms with Gasteiger partial charge in [-0.25, -0.2) is 0 Å². The van der Waals surface area contributed by atoms with Gasteiger partial charge in [-0.2, -0.15) is 0 Å². The number of nitrogens with zero attached hydrogens (tertiary/aromatic N) is 2. The van der Waals surface area contributed by atoms with Crippen molar-refractivity contribution in [3.63, 3.8) is 0 Å². The first kappa shape index (κ1) is 12.8. The summed E-state index contributed by atoms with van der Waals surface area (Å²) in [6, 6.07) is 0.569. The molecule has 1 N–H and O–H groups in total. The van der Waals surface area contributed by atoms with Crippen LogP contribution < -0.4 is 0 Å². The van der Waals surface area contributed by atoms with Crippen molar-refractivity contribution in [2.24, 2.45) is 11.3 Å². The molecule has 2 heterocycles. The van der Waals surface area contributed by atoms with Crippen LogP contribution in [-0.2, 0) is 4.79 Å². The highest BCUT2D eigenvalue weighted by Gasteiger charge is 2.48. The molecule has 0 saturated carbocycles. The summed E-state index contributed by atoms with van der Waals surface area (Å²) in [5, 5.41) is 9.51. The Morgan fingerprint density at radius 3 is 2.53 bits per heavy atom. The van der Waals surface area contributed by atoms with Crippen molar-refractivity contribution >= 4 is 5.97 Å². The molecule has 0 bridgehead atoms. The van der Waals surface area contributed by atoms with Crippen molar-refractivity contribution < 1.29 is 9.90 Å². The molecule has 4 heteroatoms. The molecule has 2 aliphatic heterocycles. The van der Waals surface area contributed by atoms with E-state index >= 15 is 0 Å². The average molecular weight is 240 g/mol. The van der Waals surface area contributed by atoms with Gasteiger partial charge in [-0.15, -0.1) is 0 Å². The molecule has 0 radical (unpaired) electrons. The highest BCUT2D eigenvalue weighted by atomic mass is 16.4. The maximum Gasteiger partial charge on any atom is 0.311 e. The predicted octanol–water partition coefficient (Wildman–Crippen LogP) is 1.12. The van der Waals surface area contributed by atoms with Gasteiger partial charge in [0.1, 0.15) is 0 Å². The number of carboxylic acids is 1. The van der Waals surface area contributed by atoms with Crippen molar-refractivity contribution in [3.05, 3.63) is 0 Å². The summed E-state index contributed by atoms with van der Waals surface area (Å²) in [4.78, 5) is 16.3. The zero-order chi connectivity index (χ0) is 12.6. The maximum absolute atomic E-state index is 11.6. The molecule has 0 aromatic rings. The third kappa shape index (κ3) is 2.20. The lowest BCUT2D eigenvalue weighted by Gasteiger charge is -2.30. The number of carboxylic acid groups (broad SMARTS) is 1. The van der Waals surface area contributed by atoms with Crippen LogP contribution in [-0.4, -0.2) is 60.1 Å². The first-order valence-corrected chi connectivity index (χ1v) is 6.62. The van der Waals surface area contributed by atoms with Crippen LogP contribution in [0.3, 0.4) is 0 Å². The number of hydrogen-bond donors (Lipinski definition) is 1. The first-order valence-electron chi connectivity index (χ1n) is 6.62. The molecule has 2 atom stereocenters. The Hall–Kier alpha value is -0.610. The molecule has 0 amide bonds. The summed E-state index contributed by atoms with van der Waals surface area (Å²) in [7, 11) is 2.14. The van der Waals surface area contributed by atoms with Gasteiger partial charge in [-0.3, -0.25) is 9.69 Å². The molecule has 2 unspecified atom stereocenters. The average Bonchev–Trinajstić information content (AvgIpc) is 2.83. The molecule has 0 aliphatic carbocycles. The molecule has 98 valence electrons. The second-order valence-corrected chi connectivity index (χ2v) is 6.04. The highest BCUT2D eigenvalue weighted by Crippen LogP contribution is 2.39. The Morgan fingerprint density at radius 1 is 1.41 bits per heavy atom. The Labute approximate surface area is 104 Å². The normalized spacial score (nSPS) is 35.9. The Balaban J connectivity index is 2.05. The fourth-order valence-electron chi connectivity index (χ4n) is 3.28. The topological polar surface area (TPSA) is 43.8 Å². The van der Waals surface area contributed by atoms with Crippen LogP contribution in [0.5, 0.6) is 0 Å². The quantitative estimate of drug-likeness (QED) is 0.803. The molecule has 0 spiro atoms. The minimum absolute atomic E-state index is 0.212.